The van der Waals surface area contributed by atoms with Gasteiger partial charge in [-0.2, -0.15) is 0 Å². The molecule has 7 heteroatoms. The van der Waals surface area contributed by atoms with Gasteiger partial charge in [0.2, 0.25) is 0 Å². The third-order valence-corrected chi connectivity index (χ3v) is 4.95. The van der Waals surface area contributed by atoms with Gasteiger partial charge in [-0.3, -0.25) is 9.69 Å². The molecule has 0 bridgehead atoms. The molecule has 1 aromatic carbocycles. The maximum absolute atomic E-state index is 13.9. The lowest BCUT2D eigenvalue weighted by molar-refractivity contribution is -0.0115. The summed E-state index contributed by atoms with van der Waals surface area (Å²) in [5.74, 6) is -2.22. The van der Waals surface area contributed by atoms with E-state index in [1.807, 2.05) is 30.0 Å². The molecule has 3 rings (SSSR count). The van der Waals surface area contributed by atoms with Gasteiger partial charge in [0.25, 0.3) is 11.8 Å². The summed E-state index contributed by atoms with van der Waals surface area (Å²) in [5, 5.41) is 0. The van der Waals surface area contributed by atoms with Crippen molar-refractivity contribution in [1.82, 2.24) is 14.7 Å². The van der Waals surface area contributed by atoms with Crippen LogP contribution < -0.4 is 4.74 Å². The summed E-state index contributed by atoms with van der Waals surface area (Å²) < 4.78 is 33.0. The number of amides is 1. The molecule has 2 aliphatic rings. The number of hydrogen-bond donors (Lipinski definition) is 0. The molecule has 5 nitrogen and oxygen atoms in total. The van der Waals surface area contributed by atoms with Crippen molar-refractivity contribution in [3.05, 3.63) is 29.8 Å². The van der Waals surface area contributed by atoms with Crippen molar-refractivity contribution < 1.29 is 18.3 Å². The molecule has 2 aliphatic heterocycles. The number of rotatable bonds is 5. The molecule has 0 aromatic heterocycles. The van der Waals surface area contributed by atoms with Crippen LogP contribution in [0.5, 0.6) is 5.75 Å². The fourth-order valence-corrected chi connectivity index (χ4v) is 3.76. The maximum Gasteiger partial charge on any atom is 0.262 e. The highest BCUT2D eigenvalue weighted by atomic mass is 19.3. The molecule has 0 N–H and O–H groups in total. The topological polar surface area (TPSA) is 36.0 Å². The first-order chi connectivity index (χ1) is 11.8. The zero-order valence-corrected chi connectivity index (χ0v) is 14.9. The Morgan fingerprint density at radius 1 is 1.32 bits per heavy atom. The lowest BCUT2D eigenvalue weighted by Crippen LogP contribution is -2.63. The fraction of sp³-hybridized carbons (Fsp3) is 0.611. The number of para-hydroxylation sites is 1. The van der Waals surface area contributed by atoms with Gasteiger partial charge in [-0.1, -0.05) is 12.1 Å². The molecule has 2 saturated heterocycles. The van der Waals surface area contributed by atoms with Crippen molar-refractivity contribution in [1.29, 1.82) is 0 Å². The Kier molecular flexibility index (Phi) is 4.97. The Bertz CT molecular complexity index is 633. The predicted molar refractivity (Wildman–Crippen MR) is 91.3 cm³/mol. The smallest absolute Gasteiger partial charge is 0.262 e. The monoisotopic (exact) mass is 353 g/mol. The average molecular weight is 353 g/mol. The number of likely N-dealkylation sites (N-methyl/N-ethyl adjacent to an activating group) is 1. The Morgan fingerprint density at radius 2 is 2.00 bits per heavy atom. The highest BCUT2D eigenvalue weighted by Gasteiger charge is 2.50. The van der Waals surface area contributed by atoms with Crippen LogP contribution in [0.4, 0.5) is 8.78 Å². The van der Waals surface area contributed by atoms with Crippen LogP contribution in [0.1, 0.15) is 16.8 Å². The highest BCUT2D eigenvalue weighted by Crippen LogP contribution is 2.36. The Labute approximate surface area is 147 Å². The molecular formula is C18H25F2N3O2. The molecule has 0 unspecified atom stereocenters. The van der Waals surface area contributed by atoms with E-state index in [2.05, 4.69) is 0 Å². The second kappa shape index (κ2) is 6.88. The minimum absolute atomic E-state index is 0.00279. The highest BCUT2D eigenvalue weighted by molar-refractivity contribution is 5.97. The third-order valence-electron chi connectivity index (χ3n) is 4.95. The summed E-state index contributed by atoms with van der Waals surface area (Å²) in [6.45, 7) is 1.35. The lowest BCUT2D eigenvalue weighted by atomic mass is 10.0. The minimum Gasteiger partial charge on any atom is -0.496 e. The number of likely N-dealkylation sites (tertiary alicyclic amines) is 2. The van der Waals surface area contributed by atoms with E-state index in [4.69, 9.17) is 4.74 Å². The number of nitrogens with zero attached hydrogens (tertiary/aromatic N) is 3. The van der Waals surface area contributed by atoms with Gasteiger partial charge in [0.05, 0.1) is 19.2 Å². The number of alkyl halides is 2. The van der Waals surface area contributed by atoms with Gasteiger partial charge < -0.3 is 14.5 Å². The molecule has 0 spiro atoms. The number of halogens is 2. The largest absolute Gasteiger partial charge is 0.496 e. The van der Waals surface area contributed by atoms with Gasteiger partial charge in [-0.05, 0) is 26.2 Å². The standard InChI is InChI=1S/C18H25F2N3O2/c1-21(2)9-13-8-18(19,20)12-23(13)14-10-22(11-14)17(24)15-6-4-5-7-16(15)25-3/h4-7,13-14H,8-12H2,1-3H3/t13-/m0/s1. The number of hydrogen-bond acceptors (Lipinski definition) is 4. The first-order valence-corrected chi connectivity index (χ1v) is 8.51. The molecule has 2 fully saturated rings. The molecule has 0 aliphatic carbocycles. The quantitative estimate of drug-likeness (QED) is 0.809. The van der Waals surface area contributed by atoms with Crippen molar-refractivity contribution in [2.45, 2.75) is 24.4 Å². The Balaban J connectivity index is 1.64. The van der Waals surface area contributed by atoms with E-state index < -0.39 is 5.92 Å². The lowest BCUT2D eigenvalue weighted by Gasteiger charge is -2.46. The summed E-state index contributed by atoms with van der Waals surface area (Å²) in [7, 11) is 5.32. The van der Waals surface area contributed by atoms with E-state index in [0.717, 1.165) is 0 Å². The van der Waals surface area contributed by atoms with Crippen LogP contribution >= 0.6 is 0 Å². The SMILES string of the molecule is COc1ccccc1C(=O)N1CC(N2CC(F)(F)C[C@H]2CN(C)C)C1. The summed E-state index contributed by atoms with van der Waals surface area (Å²) in [6, 6.07) is 6.91. The van der Waals surface area contributed by atoms with Gasteiger partial charge >= 0.3 is 0 Å². The van der Waals surface area contributed by atoms with Gasteiger partial charge in [0, 0.05) is 38.1 Å². The van der Waals surface area contributed by atoms with Crippen molar-refractivity contribution in [2.75, 3.05) is 47.4 Å². The fourth-order valence-electron chi connectivity index (χ4n) is 3.76. The summed E-state index contributed by atoms with van der Waals surface area (Å²) in [4.78, 5) is 18.1. The summed E-state index contributed by atoms with van der Waals surface area (Å²) in [5.41, 5.74) is 0.514. The number of carbonyl (C=O) groups is 1. The molecular weight excluding hydrogens is 328 g/mol. The van der Waals surface area contributed by atoms with Crippen molar-refractivity contribution >= 4 is 5.91 Å². The number of ether oxygens (including phenoxy) is 1. The van der Waals surface area contributed by atoms with Gasteiger partial charge in [0.15, 0.2) is 0 Å². The van der Waals surface area contributed by atoms with Crippen LogP contribution in [0, 0.1) is 0 Å². The van der Waals surface area contributed by atoms with E-state index >= 15 is 0 Å². The molecule has 1 amide bonds. The van der Waals surface area contributed by atoms with Crippen LogP contribution in [0.25, 0.3) is 0 Å². The average Bonchev–Trinajstić information content (AvgIpc) is 2.79. The van der Waals surface area contributed by atoms with Crippen LogP contribution in [-0.4, -0.2) is 86.0 Å². The number of carbonyl (C=O) groups excluding carboxylic acids is 1. The van der Waals surface area contributed by atoms with Crippen LogP contribution in [-0.2, 0) is 0 Å². The number of benzene rings is 1. The van der Waals surface area contributed by atoms with E-state index in [9.17, 15) is 13.6 Å². The van der Waals surface area contributed by atoms with E-state index in [1.54, 1.807) is 23.1 Å². The molecule has 0 radical (unpaired) electrons. The molecule has 1 atom stereocenters. The summed E-state index contributed by atoms with van der Waals surface area (Å²) in [6.07, 6.45) is -0.109. The molecule has 2 heterocycles. The molecule has 25 heavy (non-hydrogen) atoms. The van der Waals surface area contributed by atoms with Crippen LogP contribution in [0.2, 0.25) is 0 Å². The summed E-state index contributed by atoms with van der Waals surface area (Å²) >= 11 is 0. The van der Waals surface area contributed by atoms with Gasteiger partial charge in [-0.25, -0.2) is 8.78 Å². The van der Waals surface area contributed by atoms with E-state index in [1.165, 1.54) is 7.11 Å². The minimum atomic E-state index is -2.65. The van der Waals surface area contributed by atoms with Crippen LogP contribution in [0.3, 0.4) is 0 Å². The number of methoxy groups -OCH3 is 1. The van der Waals surface area contributed by atoms with Crippen molar-refractivity contribution in [3.8, 4) is 5.75 Å². The first kappa shape index (κ1) is 18.1. The molecule has 1 aromatic rings. The molecule has 0 saturated carbocycles. The Hall–Kier alpha value is -1.73. The third kappa shape index (κ3) is 3.77. The van der Waals surface area contributed by atoms with Crippen molar-refractivity contribution in [3.63, 3.8) is 0 Å². The maximum atomic E-state index is 13.9. The van der Waals surface area contributed by atoms with Gasteiger partial charge in [0.1, 0.15) is 5.75 Å². The van der Waals surface area contributed by atoms with E-state index in [-0.39, 0.29) is 31.0 Å². The van der Waals surface area contributed by atoms with Crippen LogP contribution in [0.15, 0.2) is 24.3 Å². The predicted octanol–water partition coefficient (Wildman–Crippen LogP) is 1.79. The second-order valence-electron chi connectivity index (χ2n) is 7.21. The Morgan fingerprint density at radius 3 is 2.64 bits per heavy atom. The van der Waals surface area contributed by atoms with Gasteiger partial charge in [-0.15, -0.1) is 0 Å². The van der Waals surface area contributed by atoms with E-state index in [0.29, 0.717) is 30.9 Å². The second-order valence-corrected chi connectivity index (χ2v) is 7.21. The molecule has 138 valence electrons. The first-order valence-electron chi connectivity index (χ1n) is 8.51. The van der Waals surface area contributed by atoms with Crippen molar-refractivity contribution in [2.24, 2.45) is 0 Å². The zero-order chi connectivity index (χ0) is 18.2. The zero-order valence-electron chi connectivity index (χ0n) is 14.9. The normalized spacial score (nSPS) is 23.8.